The number of imidazole rings is 1. The summed E-state index contributed by atoms with van der Waals surface area (Å²) in [6.07, 6.45) is 6.43. The van der Waals surface area contributed by atoms with Crippen LogP contribution in [0, 0.1) is 11.3 Å². The van der Waals surface area contributed by atoms with Crippen molar-refractivity contribution in [2.75, 3.05) is 6.54 Å². The van der Waals surface area contributed by atoms with Gasteiger partial charge in [0.15, 0.2) is 15.1 Å². The number of sulfonamides is 1. The maximum atomic E-state index is 12.5. The molecule has 1 N–H and O–H groups in total. The van der Waals surface area contributed by atoms with Gasteiger partial charge < -0.3 is 0 Å². The van der Waals surface area contributed by atoms with Crippen LogP contribution in [-0.4, -0.2) is 24.3 Å². The number of thiazole rings is 1. The van der Waals surface area contributed by atoms with Crippen LogP contribution in [0.3, 0.4) is 0 Å². The van der Waals surface area contributed by atoms with E-state index in [0.717, 1.165) is 12.8 Å². The van der Waals surface area contributed by atoms with E-state index in [1.54, 1.807) is 11.6 Å². The monoisotopic (exact) mass is 331 g/mol. The lowest BCUT2D eigenvalue weighted by Crippen LogP contribution is -2.32. The fourth-order valence-electron chi connectivity index (χ4n) is 2.87. The molecule has 0 atom stereocenters. The van der Waals surface area contributed by atoms with Gasteiger partial charge in [-0.05, 0) is 37.0 Å². The molecule has 2 saturated carbocycles. The van der Waals surface area contributed by atoms with Crippen molar-refractivity contribution in [1.82, 2.24) is 14.1 Å². The Hall–Kier alpha value is -0.630. The van der Waals surface area contributed by atoms with Crippen LogP contribution in [0.2, 0.25) is 5.15 Å². The lowest BCUT2D eigenvalue weighted by Gasteiger charge is -2.14. The number of rotatable bonds is 5. The molecule has 5 nitrogen and oxygen atoms in total. The molecule has 20 heavy (non-hydrogen) atoms. The maximum absolute atomic E-state index is 12.5. The quantitative estimate of drug-likeness (QED) is 0.915. The molecule has 2 aliphatic carbocycles. The second kappa shape index (κ2) is 4.19. The minimum Gasteiger partial charge on any atom is -0.279 e. The van der Waals surface area contributed by atoms with Gasteiger partial charge in [0.05, 0.1) is 0 Å². The molecule has 2 aliphatic rings. The summed E-state index contributed by atoms with van der Waals surface area (Å²) in [6, 6.07) is 0. The normalized spacial score (nSPS) is 21.4. The fourth-order valence-corrected chi connectivity index (χ4v) is 5.46. The SMILES string of the molecule is O=S(=O)(NCC1(C2CC2)CC1)c1c(Cl)nc2sccn12. The van der Waals surface area contributed by atoms with Crippen molar-refractivity contribution in [2.45, 2.75) is 30.7 Å². The van der Waals surface area contributed by atoms with Crippen molar-refractivity contribution >= 4 is 37.9 Å². The molecule has 4 rings (SSSR count). The van der Waals surface area contributed by atoms with Gasteiger partial charge in [-0.1, -0.05) is 11.6 Å². The van der Waals surface area contributed by atoms with Gasteiger partial charge >= 0.3 is 0 Å². The van der Waals surface area contributed by atoms with Crippen LogP contribution in [0.15, 0.2) is 16.6 Å². The van der Waals surface area contributed by atoms with Gasteiger partial charge in [0, 0.05) is 18.1 Å². The summed E-state index contributed by atoms with van der Waals surface area (Å²) < 4.78 is 29.3. The largest absolute Gasteiger partial charge is 0.279 e. The first kappa shape index (κ1) is 13.1. The summed E-state index contributed by atoms with van der Waals surface area (Å²) in [6.45, 7) is 0.522. The molecular weight excluding hydrogens is 318 g/mol. The minimum absolute atomic E-state index is 0.0422. The van der Waals surface area contributed by atoms with E-state index in [9.17, 15) is 8.42 Å². The van der Waals surface area contributed by atoms with Crippen molar-refractivity contribution in [3.05, 3.63) is 16.7 Å². The van der Waals surface area contributed by atoms with Gasteiger partial charge in [-0.25, -0.2) is 18.1 Å². The van der Waals surface area contributed by atoms with E-state index in [1.165, 1.54) is 28.6 Å². The van der Waals surface area contributed by atoms with E-state index in [1.807, 2.05) is 0 Å². The van der Waals surface area contributed by atoms with Gasteiger partial charge in [-0.3, -0.25) is 4.40 Å². The molecule has 2 fully saturated rings. The Morgan fingerprint density at radius 1 is 1.50 bits per heavy atom. The molecule has 8 heteroatoms. The highest BCUT2D eigenvalue weighted by molar-refractivity contribution is 7.89. The third-order valence-corrected chi connectivity index (χ3v) is 6.94. The van der Waals surface area contributed by atoms with E-state index in [-0.39, 0.29) is 15.6 Å². The molecule has 0 aromatic carbocycles. The summed E-state index contributed by atoms with van der Waals surface area (Å²) in [5.41, 5.74) is 0.220. The maximum Gasteiger partial charge on any atom is 0.259 e. The average molecular weight is 332 g/mol. The molecule has 2 aromatic rings. The third kappa shape index (κ3) is 1.99. The first-order valence-electron chi connectivity index (χ1n) is 6.63. The Morgan fingerprint density at radius 3 is 2.90 bits per heavy atom. The second-order valence-corrected chi connectivity index (χ2v) is 8.64. The summed E-state index contributed by atoms with van der Waals surface area (Å²) in [5.74, 6) is 0.715. The van der Waals surface area contributed by atoms with E-state index < -0.39 is 10.0 Å². The van der Waals surface area contributed by atoms with Crippen LogP contribution in [-0.2, 0) is 10.0 Å². The van der Waals surface area contributed by atoms with E-state index in [4.69, 9.17) is 11.6 Å². The molecule has 2 aromatic heterocycles. The smallest absolute Gasteiger partial charge is 0.259 e. The van der Waals surface area contributed by atoms with Gasteiger partial charge in [0.1, 0.15) is 0 Å². The molecule has 0 unspecified atom stereocenters. The molecule has 0 radical (unpaired) electrons. The highest BCUT2D eigenvalue weighted by atomic mass is 35.5. The molecular formula is C12H14ClN3O2S2. The predicted molar refractivity (Wildman–Crippen MR) is 77.7 cm³/mol. The van der Waals surface area contributed by atoms with Crippen LogP contribution in [0.4, 0.5) is 0 Å². The van der Waals surface area contributed by atoms with Crippen molar-refractivity contribution in [1.29, 1.82) is 0 Å². The number of hydrogen-bond donors (Lipinski definition) is 1. The van der Waals surface area contributed by atoms with Gasteiger partial charge in [-0.15, -0.1) is 11.3 Å². The number of nitrogens with one attached hydrogen (secondary N) is 1. The van der Waals surface area contributed by atoms with Crippen molar-refractivity contribution < 1.29 is 8.42 Å². The summed E-state index contributed by atoms with van der Waals surface area (Å²) in [4.78, 5) is 4.67. The Morgan fingerprint density at radius 2 is 2.25 bits per heavy atom. The zero-order chi connectivity index (χ0) is 14.0. The number of hydrogen-bond acceptors (Lipinski definition) is 4. The highest BCUT2D eigenvalue weighted by Gasteiger charge is 2.53. The van der Waals surface area contributed by atoms with Crippen LogP contribution in [0.5, 0.6) is 0 Å². The lowest BCUT2D eigenvalue weighted by atomic mass is 10.0. The molecule has 0 spiro atoms. The van der Waals surface area contributed by atoms with Gasteiger partial charge in [0.2, 0.25) is 0 Å². The van der Waals surface area contributed by atoms with Crippen molar-refractivity contribution in [3.8, 4) is 0 Å². The Labute approximate surface area is 126 Å². The van der Waals surface area contributed by atoms with E-state index in [2.05, 4.69) is 9.71 Å². The van der Waals surface area contributed by atoms with Crippen LogP contribution in [0.1, 0.15) is 25.7 Å². The predicted octanol–water partition coefficient (Wildman–Crippen LogP) is 2.52. The van der Waals surface area contributed by atoms with Crippen LogP contribution >= 0.6 is 22.9 Å². The lowest BCUT2D eigenvalue weighted by molar-refractivity contribution is 0.431. The first-order chi connectivity index (χ1) is 9.52. The van der Waals surface area contributed by atoms with Crippen LogP contribution in [0.25, 0.3) is 4.96 Å². The minimum atomic E-state index is -3.62. The average Bonchev–Trinajstić information content (AvgIpc) is 3.27. The number of aromatic nitrogens is 2. The van der Waals surface area contributed by atoms with Gasteiger partial charge in [-0.2, -0.15) is 0 Å². The molecule has 2 heterocycles. The summed E-state index contributed by atoms with van der Waals surface area (Å²) in [7, 11) is -3.62. The van der Waals surface area contributed by atoms with Crippen molar-refractivity contribution in [3.63, 3.8) is 0 Å². The highest BCUT2D eigenvalue weighted by Crippen LogP contribution is 2.60. The Balaban J connectivity index is 1.62. The number of halogens is 1. The van der Waals surface area contributed by atoms with Crippen LogP contribution < -0.4 is 4.72 Å². The second-order valence-electron chi connectivity index (χ2n) is 5.72. The standard InChI is InChI=1S/C12H14ClN3O2S2/c13-9-10(16-5-6-19-11(16)15-9)20(17,18)14-7-12(3-4-12)8-1-2-8/h5-6,8,14H,1-4,7H2. The Kier molecular flexibility index (Phi) is 2.74. The topological polar surface area (TPSA) is 63.5 Å². The zero-order valence-corrected chi connectivity index (χ0v) is 13.1. The number of nitrogens with zero attached hydrogens (tertiary/aromatic N) is 2. The molecule has 108 valence electrons. The van der Waals surface area contributed by atoms with Crippen molar-refractivity contribution in [2.24, 2.45) is 11.3 Å². The summed E-state index contributed by atoms with van der Waals surface area (Å²) in [5, 5.41) is 1.90. The summed E-state index contributed by atoms with van der Waals surface area (Å²) >= 11 is 7.35. The number of fused-ring (bicyclic) bond motifs is 1. The third-order valence-electron chi connectivity index (χ3n) is 4.38. The fraction of sp³-hybridized carbons (Fsp3) is 0.583. The zero-order valence-electron chi connectivity index (χ0n) is 10.7. The van der Waals surface area contributed by atoms with E-state index in [0.29, 0.717) is 17.4 Å². The Bertz CT molecular complexity index is 772. The molecule has 0 bridgehead atoms. The van der Waals surface area contributed by atoms with Gasteiger partial charge in [0.25, 0.3) is 10.0 Å². The van der Waals surface area contributed by atoms with E-state index >= 15 is 0 Å². The molecule has 0 saturated heterocycles. The molecule has 0 aliphatic heterocycles. The molecule has 0 amide bonds. The first-order valence-corrected chi connectivity index (χ1v) is 9.37.